The highest BCUT2D eigenvalue weighted by molar-refractivity contribution is 14.1. The number of benzene rings is 3. The molecule has 0 nitrogen and oxygen atoms in total. The summed E-state index contributed by atoms with van der Waals surface area (Å²) in [4.78, 5) is 0. The van der Waals surface area contributed by atoms with E-state index in [1.165, 1.54) is 34.5 Å². The quantitative estimate of drug-likeness (QED) is 0.207. The van der Waals surface area contributed by atoms with Crippen molar-refractivity contribution in [3.05, 3.63) is 45.3 Å². The van der Waals surface area contributed by atoms with Crippen LogP contribution in [0.4, 0.5) is 0 Å². The molecule has 3 heteroatoms. The molecule has 0 saturated carbocycles. The summed E-state index contributed by atoms with van der Waals surface area (Å²) in [7, 11) is 3.74. The number of hydrogen-bond acceptors (Lipinski definition) is 2. The van der Waals surface area contributed by atoms with Crippen molar-refractivity contribution in [1.29, 1.82) is 0 Å². The van der Waals surface area contributed by atoms with Gasteiger partial charge in [-0.15, -0.1) is 0 Å². The molecule has 1 aromatic heterocycles. The van der Waals surface area contributed by atoms with Gasteiger partial charge in [0.2, 0.25) is 0 Å². The summed E-state index contributed by atoms with van der Waals surface area (Å²) in [6.45, 7) is 0. The maximum Gasteiger partial charge on any atom is 0.0838 e. The molecular formula is C14H7IS2. The molecular weight excluding hydrogens is 359 g/mol. The van der Waals surface area contributed by atoms with Crippen LogP contribution in [-0.4, -0.2) is 0 Å². The molecule has 0 N–H and O–H groups in total. The van der Waals surface area contributed by atoms with Crippen LogP contribution in [0.1, 0.15) is 0 Å². The van der Waals surface area contributed by atoms with Gasteiger partial charge in [0.15, 0.2) is 0 Å². The molecule has 0 amide bonds. The van der Waals surface area contributed by atoms with E-state index in [4.69, 9.17) is 0 Å². The zero-order valence-electron chi connectivity index (χ0n) is 8.74. The maximum atomic E-state index is 2.45. The van der Waals surface area contributed by atoms with E-state index in [1.54, 1.807) is 0 Å². The van der Waals surface area contributed by atoms with Crippen LogP contribution in [0, 0.1) is 2.88 Å². The smallest absolute Gasteiger partial charge is 0.0790 e. The molecule has 0 unspecified atom stereocenters. The van der Waals surface area contributed by atoms with Gasteiger partial charge in [-0.1, -0.05) is 57.1 Å². The Labute approximate surface area is 119 Å². The van der Waals surface area contributed by atoms with Gasteiger partial charge in [-0.25, -0.2) is 0 Å². The molecule has 3 aromatic carbocycles. The van der Waals surface area contributed by atoms with Crippen LogP contribution in [-0.2, 0) is 0 Å². The van der Waals surface area contributed by atoms with Gasteiger partial charge in [0, 0.05) is 15.5 Å². The third-order valence-corrected chi connectivity index (χ3v) is 7.55. The molecule has 0 aliphatic heterocycles. The highest BCUT2D eigenvalue weighted by atomic mass is 127. The van der Waals surface area contributed by atoms with E-state index in [9.17, 15) is 0 Å². The van der Waals surface area contributed by atoms with E-state index in [2.05, 4.69) is 65.1 Å². The summed E-state index contributed by atoms with van der Waals surface area (Å²) in [6, 6.07) is 15.5. The molecule has 0 spiro atoms. The Morgan fingerprint density at radius 3 is 2.35 bits per heavy atom. The van der Waals surface area contributed by atoms with Crippen molar-refractivity contribution in [2.45, 2.75) is 0 Å². The normalized spacial score (nSPS) is 11.8. The minimum Gasteiger partial charge on any atom is -0.0790 e. The summed E-state index contributed by atoms with van der Waals surface area (Å²) >= 11 is 2.45. The summed E-state index contributed by atoms with van der Waals surface area (Å²) in [6.07, 6.45) is 0. The van der Waals surface area contributed by atoms with E-state index < -0.39 is 0 Å². The van der Waals surface area contributed by atoms with E-state index in [0.717, 1.165) is 0 Å². The van der Waals surface area contributed by atoms with E-state index in [0.29, 0.717) is 0 Å². The fraction of sp³-hybridized carbons (Fsp3) is 0. The molecule has 0 bridgehead atoms. The van der Waals surface area contributed by atoms with Gasteiger partial charge >= 0.3 is 0 Å². The first-order chi connectivity index (χ1) is 8.34. The second-order valence-electron chi connectivity index (χ2n) is 4.07. The Morgan fingerprint density at radius 2 is 1.53 bits per heavy atom. The molecule has 0 atom stereocenters. The summed E-state index contributed by atoms with van der Waals surface area (Å²) < 4.78 is 2.79. The Bertz CT molecular complexity index is 839. The van der Waals surface area contributed by atoms with Gasteiger partial charge in [0.1, 0.15) is 0 Å². The van der Waals surface area contributed by atoms with Gasteiger partial charge in [0.25, 0.3) is 0 Å². The number of halogens is 1. The third-order valence-electron chi connectivity index (χ3n) is 3.15. The average Bonchev–Trinajstić information content (AvgIpc) is 2.38. The predicted octanol–water partition coefficient (Wildman–Crippen LogP) is 5.87. The van der Waals surface area contributed by atoms with Crippen LogP contribution in [0.25, 0.3) is 31.6 Å². The van der Waals surface area contributed by atoms with E-state index in [-0.39, 0.29) is 0 Å². The highest BCUT2D eigenvalue weighted by Crippen LogP contribution is 2.39. The van der Waals surface area contributed by atoms with Gasteiger partial charge in [0.05, 0.1) is 2.88 Å². The van der Waals surface area contributed by atoms with Gasteiger partial charge < -0.3 is 0 Å². The molecule has 1 heterocycles. The summed E-state index contributed by atoms with van der Waals surface area (Å²) in [5.41, 5.74) is 0. The maximum absolute atomic E-state index is 2.45. The molecule has 4 aromatic rings. The molecule has 82 valence electrons. The van der Waals surface area contributed by atoms with Crippen LogP contribution in [0.5, 0.6) is 0 Å². The molecule has 17 heavy (non-hydrogen) atoms. The molecule has 0 radical (unpaired) electrons. The minimum atomic E-state index is 1.35. The molecule has 0 fully saturated rings. The molecule has 4 rings (SSSR count). The first kappa shape index (κ1) is 10.3. The Hall–Kier alpha value is -0.650. The fourth-order valence-electron chi connectivity index (χ4n) is 2.41. The highest BCUT2D eigenvalue weighted by Gasteiger charge is 2.09. The Morgan fingerprint density at radius 1 is 0.765 bits per heavy atom. The lowest BCUT2D eigenvalue weighted by Crippen LogP contribution is -1.82. The van der Waals surface area contributed by atoms with Crippen LogP contribution < -0.4 is 0 Å². The second kappa shape index (κ2) is 3.67. The van der Waals surface area contributed by atoms with E-state index in [1.807, 2.05) is 20.7 Å². The van der Waals surface area contributed by atoms with Crippen molar-refractivity contribution in [3.63, 3.8) is 0 Å². The zero-order valence-corrected chi connectivity index (χ0v) is 12.5. The molecule has 0 aliphatic carbocycles. The van der Waals surface area contributed by atoms with Gasteiger partial charge in [-0.05, 0) is 44.8 Å². The standard InChI is InChI=1S/C14H7IS2/c15-14-10-6-4-8-2-1-3-9-5-7-11(16-17-14)13(10)12(8)9/h1-7H. The number of hydrogen-bond donors (Lipinski definition) is 0. The molecule has 0 saturated heterocycles. The topological polar surface area (TPSA) is 0 Å². The van der Waals surface area contributed by atoms with Crippen LogP contribution in [0.15, 0.2) is 42.5 Å². The Balaban J connectivity index is 2.48. The summed E-state index contributed by atoms with van der Waals surface area (Å²) in [5, 5.41) is 6.95. The second-order valence-corrected chi connectivity index (χ2v) is 8.06. The van der Waals surface area contributed by atoms with Crippen molar-refractivity contribution in [3.8, 4) is 0 Å². The predicted molar refractivity (Wildman–Crippen MR) is 87.4 cm³/mol. The first-order valence-electron chi connectivity index (χ1n) is 5.33. The Kier molecular flexibility index (Phi) is 2.22. The van der Waals surface area contributed by atoms with Crippen molar-refractivity contribution in [2.24, 2.45) is 0 Å². The summed E-state index contributed by atoms with van der Waals surface area (Å²) in [5.74, 6) is 0. The third kappa shape index (κ3) is 1.39. The largest absolute Gasteiger partial charge is 0.0838 e. The van der Waals surface area contributed by atoms with Crippen LogP contribution >= 0.6 is 43.3 Å². The van der Waals surface area contributed by atoms with Crippen molar-refractivity contribution in [1.82, 2.24) is 0 Å². The lowest BCUT2D eigenvalue weighted by Gasteiger charge is -2.10. The monoisotopic (exact) mass is 366 g/mol. The lowest BCUT2D eigenvalue weighted by atomic mass is 9.99. The van der Waals surface area contributed by atoms with Crippen molar-refractivity contribution >= 4 is 74.9 Å². The zero-order chi connectivity index (χ0) is 11.4. The molecule has 0 aliphatic rings. The minimum absolute atomic E-state index is 1.35. The van der Waals surface area contributed by atoms with Crippen molar-refractivity contribution < 1.29 is 0 Å². The van der Waals surface area contributed by atoms with Crippen molar-refractivity contribution in [2.75, 3.05) is 0 Å². The average molecular weight is 366 g/mol. The SMILES string of the molecule is Ic1ssc2ccc3cccc4ccc1c2c34. The van der Waals surface area contributed by atoms with Gasteiger partial charge in [-0.3, -0.25) is 0 Å². The lowest BCUT2D eigenvalue weighted by molar-refractivity contribution is 1.82. The van der Waals surface area contributed by atoms with Crippen LogP contribution in [0.3, 0.4) is 0 Å². The van der Waals surface area contributed by atoms with Crippen LogP contribution in [0.2, 0.25) is 0 Å². The van der Waals surface area contributed by atoms with Gasteiger partial charge in [-0.2, -0.15) is 0 Å². The fourth-order valence-corrected chi connectivity index (χ4v) is 5.69. The first-order valence-corrected chi connectivity index (χ1v) is 8.56. The van der Waals surface area contributed by atoms with E-state index >= 15 is 0 Å². The number of rotatable bonds is 0.